The Kier molecular flexibility index (Phi) is 4.60. The molecule has 25 heavy (non-hydrogen) atoms. The standard InChI is InChI=1S/C18H19F3N2O2/c1-11-8-12(18(19,20)21)9-15(24)16(11)14-5-3-7-23(17(14)25)13-4-2-6-22-10-13/h3,5,7-9,13,22,24H,2,4,6,10H2,1H3/t13-/m1/s1. The number of phenolic OH excluding ortho intramolecular Hbond substituents is 1. The zero-order chi connectivity index (χ0) is 18.2. The van der Waals surface area contributed by atoms with E-state index in [1.54, 1.807) is 16.8 Å². The second kappa shape index (κ2) is 6.55. The third kappa shape index (κ3) is 3.42. The van der Waals surface area contributed by atoms with Crippen LogP contribution in [0.15, 0.2) is 35.3 Å². The van der Waals surface area contributed by atoms with Gasteiger partial charge in [-0.05, 0) is 56.1 Å². The van der Waals surface area contributed by atoms with Gasteiger partial charge < -0.3 is 15.0 Å². The van der Waals surface area contributed by atoms with Crippen LogP contribution in [0.5, 0.6) is 5.75 Å². The predicted octanol–water partition coefficient (Wildman–Crippen LogP) is 3.47. The molecule has 0 unspecified atom stereocenters. The Morgan fingerprint density at radius 2 is 2.08 bits per heavy atom. The Hall–Kier alpha value is -2.28. The molecule has 1 aromatic carbocycles. The van der Waals surface area contributed by atoms with Gasteiger partial charge in [-0.2, -0.15) is 13.2 Å². The molecule has 1 saturated heterocycles. The number of alkyl halides is 3. The first-order valence-corrected chi connectivity index (χ1v) is 8.12. The first kappa shape index (κ1) is 17.5. The first-order valence-electron chi connectivity index (χ1n) is 8.12. The van der Waals surface area contributed by atoms with Gasteiger partial charge in [-0.25, -0.2) is 0 Å². The molecular weight excluding hydrogens is 333 g/mol. The summed E-state index contributed by atoms with van der Waals surface area (Å²) in [6, 6.07) is 4.83. The third-order valence-electron chi connectivity index (χ3n) is 4.55. The fraction of sp³-hybridized carbons (Fsp3) is 0.389. The van der Waals surface area contributed by atoms with Gasteiger partial charge in [0.25, 0.3) is 5.56 Å². The highest BCUT2D eigenvalue weighted by atomic mass is 19.4. The lowest BCUT2D eigenvalue weighted by Crippen LogP contribution is -2.36. The van der Waals surface area contributed by atoms with Crippen LogP contribution in [0.2, 0.25) is 0 Å². The maximum Gasteiger partial charge on any atom is 0.416 e. The van der Waals surface area contributed by atoms with Gasteiger partial charge in [-0.15, -0.1) is 0 Å². The number of aryl methyl sites for hydroxylation is 1. The van der Waals surface area contributed by atoms with Gasteiger partial charge in [0, 0.05) is 24.3 Å². The van der Waals surface area contributed by atoms with Crippen molar-refractivity contribution >= 4 is 0 Å². The summed E-state index contributed by atoms with van der Waals surface area (Å²) in [7, 11) is 0. The molecule has 0 aliphatic carbocycles. The Balaban J connectivity index is 2.10. The van der Waals surface area contributed by atoms with E-state index < -0.39 is 17.5 Å². The van der Waals surface area contributed by atoms with Crippen LogP contribution in [-0.2, 0) is 6.18 Å². The van der Waals surface area contributed by atoms with Gasteiger partial charge in [0.05, 0.1) is 11.1 Å². The fourth-order valence-electron chi connectivity index (χ4n) is 3.34. The normalized spacial score (nSPS) is 18.3. The number of hydrogen-bond acceptors (Lipinski definition) is 3. The number of hydrogen-bond donors (Lipinski definition) is 2. The largest absolute Gasteiger partial charge is 0.507 e. The number of aromatic nitrogens is 1. The summed E-state index contributed by atoms with van der Waals surface area (Å²) in [6.45, 7) is 3.04. The van der Waals surface area contributed by atoms with E-state index in [2.05, 4.69) is 5.32 Å². The zero-order valence-corrected chi connectivity index (χ0v) is 13.7. The summed E-state index contributed by atoms with van der Waals surface area (Å²) < 4.78 is 40.2. The zero-order valence-electron chi connectivity index (χ0n) is 13.7. The second-order valence-electron chi connectivity index (χ2n) is 6.32. The number of benzene rings is 1. The van der Waals surface area contributed by atoms with Crippen molar-refractivity contribution < 1.29 is 18.3 Å². The number of halogens is 3. The van der Waals surface area contributed by atoms with E-state index in [0.717, 1.165) is 25.5 Å². The monoisotopic (exact) mass is 352 g/mol. The summed E-state index contributed by atoms with van der Waals surface area (Å²) in [5.41, 5.74) is -0.676. The Labute approximate surface area is 142 Å². The quantitative estimate of drug-likeness (QED) is 0.870. The van der Waals surface area contributed by atoms with Crippen LogP contribution in [0.4, 0.5) is 13.2 Å². The average molecular weight is 352 g/mol. The van der Waals surface area contributed by atoms with E-state index >= 15 is 0 Å². The Morgan fingerprint density at radius 3 is 2.68 bits per heavy atom. The van der Waals surface area contributed by atoms with Crippen molar-refractivity contribution in [1.82, 2.24) is 9.88 Å². The highest BCUT2D eigenvalue weighted by Gasteiger charge is 2.32. The smallest absolute Gasteiger partial charge is 0.416 e. The lowest BCUT2D eigenvalue weighted by atomic mass is 9.97. The third-order valence-corrected chi connectivity index (χ3v) is 4.55. The topological polar surface area (TPSA) is 54.3 Å². The van der Waals surface area contributed by atoms with Crippen LogP contribution < -0.4 is 10.9 Å². The summed E-state index contributed by atoms with van der Waals surface area (Å²) in [6.07, 6.45) is -1.06. The molecule has 1 fully saturated rings. The predicted molar refractivity (Wildman–Crippen MR) is 88.7 cm³/mol. The molecule has 0 radical (unpaired) electrons. The minimum absolute atomic E-state index is 0.00176. The van der Waals surface area contributed by atoms with E-state index in [-0.39, 0.29) is 28.3 Å². The van der Waals surface area contributed by atoms with Crippen molar-refractivity contribution in [1.29, 1.82) is 0 Å². The van der Waals surface area contributed by atoms with Crippen LogP contribution in [-0.4, -0.2) is 22.8 Å². The molecule has 2 aromatic rings. The van der Waals surface area contributed by atoms with Gasteiger partial charge in [0.2, 0.25) is 0 Å². The molecule has 4 nitrogen and oxygen atoms in total. The molecule has 0 bridgehead atoms. The fourth-order valence-corrected chi connectivity index (χ4v) is 3.34. The summed E-state index contributed by atoms with van der Waals surface area (Å²) >= 11 is 0. The van der Waals surface area contributed by atoms with Crippen molar-refractivity contribution in [3.8, 4) is 16.9 Å². The molecule has 2 N–H and O–H groups in total. The van der Waals surface area contributed by atoms with Crippen molar-refractivity contribution in [3.05, 3.63) is 51.9 Å². The van der Waals surface area contributed by atoms with Crippen molar-refractivity contribution in [2.45, 2.75) is 32.0 Å². The molecule has 3 rings (SSSR count). The molecule has 0 spiro atoms. The van der Waals surface area contributed by atoms with Gasteiger partial charge in [0.1, 0.15) is 5.75 Å². The SMILES string of the molecule is Cc1cc(C(F)(F)F)cc(O)c1-c1cccn([C@@H]2CCCNC2)c1=O. The van der Waals surface area contributed by atoms with Gasteiger partial charge in [-0.1, -0.05) is 0 Å². The van der Waals surface area contributed by atoms with E-state index in [1.165, 1.54) is 13.0 Å². The number of phenols is 1. The van der Waals surface area contributed by atoms with Gasteiger partial charge >= 0.3 is 6.18 Å². The van der Waals surface area contributed by atoms with Crippen molar-refractivity contribution in [2.75, 3.05) is 13.1 Å². The molecule has 1 aliphatic heterocycles. The van der Waals surface area contributed by atoms with E-state index in [4.69, 9.17) is 0 Å². The Morgan fingerprint density at radius 1 is 1.32 bits per heavy atom. The number of piperidine rings is 1. The van der Waals surface area contributed by atoms with Gasteiger partial charge in [0.15, 0.2) is 0 Å². The summed E-state index contributed by atoms with van der Waals surface area (Å²) in [5.74, 6) is -0.538. The lowest BCUT2D eigenvalue weighted by Gasteiger charge is -2.25. The van der Waals surface area contributed by atoms with E-state index in [0.29, 0.717) is 12.6 Å². The molecule has 1 aromatic heterocycles. The minimum atomic E-state index is -4.55. The van der Waals surface area contributed by atoms with Crippen LogP contribution in [0.3, 0.4) is 0 Å². The molecule has 7 heteroatoms. The number of nitrogens with zero attached hydrogens (tertiary/aromatic N) is 1. The molecule has 134 valence electrons. The first-order chi connectivity index (χ1) is 11.8. The van der Waals surface area contributed by atoms with Crippen LogP contribution in [0.1, 0.15) is 30.0 Å². The van der Waals surface area contributed by atoms with Crippen molar-refractivity contribution in [2.24, 2.45) is 0 Å². The van der Waals surface area contributed by atoms with Crippen LogP contribution in [0.25, 0.3) is 11.1 Å². The molecule has 0 saturated carbocycles. The maximum absolute atomic E-state index is 12.9. The van der Waals surface area contributed by atoms with Crippen LogP contribution >= 0.6 is 0 Å². The molecular formula is C18H19F3N2O2. The molecule has 1 aliphatic rings. The number of rotatable bonds is 2. The molecule has 0 amide bonds. The lowest BCUT2D eigenvalue weighted by molar-refractivity contribution is -0.137. The molecule has 2 heterocycles. The number of pyridine rings is 1. The van der Waals surface area contributed by atoms with Gasteiger partial charge in [-0.3, -0.25) is 4.79 Å². The van der Waals surface area contributed by atoms with Crippen molar-refractivity contribution in [3.63, 3.8) is 0 Å². The highest BCUT2D eigenvalue weighted by molar-refractivity contribution is 5.73. The minimum Gasteiger partial charge on any atom is -0.507 e. The summed E-state index contributed by atoms with van der Waals surface area (Å²) in [5, 5.41) is 13.4. The molecule has 1 atom stereocenters. The average Bonchev–Trinajstić information content (AvgIpc) is 2.55. The second-order valence-corrected chi connectivity index (χ2v) is 6.32. The number of aromatic hydroxyl groups is 1. The van der Waals surface area contributed by atoms with E-state index in [9.17, 15) is 23.1 Å². The van der Waals surface area contributed by atoms with Crippen LogP contribution in [0, 0.1) is 6.92 Å². The van der Waals surface area contributed by atoms with E-state index in [1.807, 2.05) is 0 Å². The Bertz CT molecular complexity index is 814. The highest BCUT2D eigenvalue weighted by Crippen LogP contribution is 2.38. The summed E-state index contributed by atoms with van der Waals surface area (Å²) in [4.78, 5) is 12.9. The number of nitrogens with one attached hydrogen (secondary N) is 1. The maximum atomic E-state index is 12.9.